The highest BCUT2D eigenvalue weighted by molar-refractivity contribution is 5.80. The summed E-state index contributed by atoms with van der Waals surface area (Å²) in [5.74, 6) is -0.148. The summed E-state index contributed by atoms with van der Waals surface area (Å²) in [7, 11) is 0. The summed E-state index contributed by atoms with van der Waals surface area (Å²) in [5, 5.41) is 5.65. The van der Waals surface area contributed by atoms with E-state index in [0.717, 1.165) is 0 Å². The molecule has 0 aliphatic carbocycles. The van der Waals surface area contributed by atoms with E-state index in [1.165, 1.54) is 24.3 Å². The van der Waals surface area contributed by atoms with Crippen molar-refractivity contribution in [2.75, 3.05) is 11.9 Å². The normalized spacial score (nSPS) is 12.9. The van der Waals surface area contributed by atoms with Crippen LogP contribution in [0.25, 0.3) is 0 Å². The molecule has 7 heteroatoms. The second kappa shape index (κ2) is 7.19. The molecule has 1 rings (SSSR count). The molecule has 0 spiro atoms. The van der Waals surface area contributed by atoms with Gasteiger partial charge in [0.05, 0.1) is 6.54 Å². The standard InChI is InChI=1S/C14H19F3N2O2/c1-9(2)10(3)19-13(20)8-18-11-4-6-12(7-5-11)21-14(15,16)17/h4-7,9-10,18H,8H2,1-3H3,(H,19,20). The van der Waals surface area contributed by atoms with E-state index in [1.54, 1.807) is 0 Å². The predicted molar refractivity (Wildman–Crippen MR) is 74.1 cm³/mol. The molecule has 0 fully saturated rings. The maximum absolute atomic E-state index is 12.0. The van der Waals surface area contributed by atoms with Crippen LogP contribution in [0.4, 0.5) is 18.9 Å². The van der Waals surface area contributed by atoms with Crippen molar-refractivity contribution in [2.24, 2.45) is 5.92 Å². The fourth-order valence-corrected chi connectivity index (χ4v) is 1.43. The van der Waals surface area contributed by atoms with Gasteiger partial charge in [-0.3, -0.25) is 4.79 Å². The van der Waals surface area contributed by atoms with Crippen LogP contribution < -0.4 is 15.4 Å². The Balaban J connectivity index is 2.44. The topological polar surface area (TPSA) is 50.4 Å². The second-order valence-corrected chi connectivity index (χ2v) is 5.03. The number of halogens is 3. The third-order valence-electron chi connectivity index (χ3n) is 2.93. The summed E-state index contributed by atoms with van der Waals surface area (Å²) >= 11 is 0. The fraction of sp³-hybridized carbons (Fsp3) is 0.500. The number of hydrogen-bond donors (Lipinski definition) is 2. The van der Waals surface area contributed by atoms with Gasteiger partial charge in [-0.05, 0) is 37.1 Å². The first-order valence-corrected chi connectivity index (χ1v) is 6.56. The van der Waals surface area contributed by atoms with Crippen molar-refractivity contribution < 1.29 is 22.7 Å². The number of nitrogens with one attached hydrogen (secondary N) is 2. The van der Waals surface area contributed by atoms with Gasteiger partial charge in [0.25, 0.3) is 0 Å². The van der Waals surface area contributed by atoms with Crippen molar-refractivity contribution in [1.82, 2.24) is 5.32 Å². The van der Waals surface area contributed by atoms with E-state index in [2.05, 4.69) is 15.4 Å². The quantitative estimate of drug-likeness (QED) is 0.849. The van der Waals surface area contributed by atoms with Gasteiger partial charge < -0.3 is 15.4 Å². The van der Waals surface area contributed by atoms with Gasteiger partial charge in [0.1, 0.15) is 5.75 Å². The smallest absolute Gasteiger partial charge is 0.406 e. The number of benzene rings is 1. The number of carbonyl (C=O) groups is 1. The average molecular weight is 304 g/mol. The van der Waals surface area contributed by atoms with Gasteiger partial charge in [0.15, 0.2) is 0 Å². The van der Waals surface area contributed by atoms with Crippen LogP contribution in [0.3, 0.4) is 0 Å². The lowest BCUT2D eigenvalue weighted by atomic mass is 10.1. The van der Waals surface area contributed by atoms with E-state index < -0.39 is 6.36 Å². The molecular formula is C14H19F3N2O2. The third kappa shape index (κ3) is 6.87. The van der Waals surface area contributed by atoms with E-state index in [4.69, 9.17) is 0 Å². The summed E-state index contributed by atoms with van der Waals surface area (Å²) in [6, 6.07) is 5.26. The van der Waals surface area contributed by atoms with E-state index in [9.17, 15) is 18.0 Å². The zero-order valence-electron chi connectivity index (χ0n) is 12.1. The highest BCUT2D eigenvalue weighted by Gasteiger charge is 2.30. The predicted octanol–water partition coefficient (Wildman–Crippen LogP) is 3.16. The fourth-order valence-electron chi connectivity index (χ4n) is 1.43. The zero-order chi connectivity index (χ0) is 16.0. The first kappa shape index (κ1) is 17.1. The van der Waals surface area contributed by atoms with Gasteiger partial charge in [0, 0.05) is 11.7 Å². The summed E-state index contributed by atoms with van der Waals surface area (Å²) in [4.78, 5) is 11.6. The molecule has 0 aliphatic heterocycles. The Bertz CT molecular complexity index is 458. The zero-order valence-corrected chi connectivity index (χ0v) is 12.1. The van der Waals surface area contributed by atoms with Gasteiger partial charge in [-0.25, -0.2) is 0 Å². The minimum Gasteiger partial charge on any atom is -0.406 e. The largest absolute Gasteiger partial charge is 0.573 e. The first-order chi connectivity index (χ1) is 9.67. The molecule has 0 aliphatic rings. The molecule has 0 radical (unpaired) electrons. The third-order valence-corrected chi connectivity index (χ3v) is 2.93. The summed E-state index contributed by atoms with van der Waals surface area (Å²) in [5.41, 5.74) is 0.539. The van der Waals surface area contributed by atoms with E-state index in [1.807, 2.05) is 20.8 Å². The van der Waals surface area contributed by atoms with Gasteiger partial charge >= 0.3 is 6.36 Å². The van der Waals surface area contributed by atoms with Crippen LogP contribution in [0.15, 0.2) is 24.3 Å². The van der Waals surface area contributed by atoms with Crippen LogP contribution in [-0.4, -0.2) is 24.9 Å². The average Bonchev–Trinajstić information content (AvgIpc) is 2.36. The van der Waals surface area contributed by atoms with Crippen molar-refractivity contribution in [2.45, 2.75) is 33.2 Å². The molecule has 0 bridgehead atoms. The summed E-state index contributed by atoms with van der Waals surface area (Å²) in [6.45, 7) is 5.96. The maximum atomic E-state index is 12.0. The molecular weight excluding hydrogens is 285 g/mol. The van der Waals surface area contributed by atoms with Crippen LogP contribution in [0, 0.1) is 5.92 Å². The summed E-state index contributed by atoms with van der Waals surface area (Å²) in [6.07, 6.45) is -4.71. The van der Waals surface area contributed by atoms with Gasteiger partial charge in [-0.1, -0.05) is 13.8 Å². The van der Waals surface area contributed by atoms with E-state index in [0.29, 0.717) is 11.6 Å². The Morgan fingerprint density at radius 2 is 1.76 bits per heavy atom. The SMILES string of the molecule is CC(C)C(C)NC(=O)CNc1ccc(OC(F)(F)F)cc1. The molecule has 1 unspecified atom stereocenters. The summed E-state index contributed by atoms with van der Waals surface area (Å²) < 4.78 is 39.7. The highest BCUT2D eigenvalue weighted by atomic mass is 19.4. The molecule has 0 saturated carbocycles. The minimum absolute atomic E-state index is 0.0521. The van der Waals surface area contributed by atoms with Crippen LogP contribution >= 0.6 is 0 Å². The molecule has 0 heterocycles. The number of hydrogen-bond acceptors (Lipinski definition) is 3. The molecule has 0 saturated heterocycles. The van der Waals surface area contributed by atoms with Gasteiger partial charge in [-0.15, -0.1) is 13.2 Å². The Hall–Kier alpha value is -1.92. The highest BCUT2D eigenvalue weighted by Crippen LogP contribution is 2.23. The lowest BCUT2D eigenvalue weighted by molar-refractivity contribution is -0.274. The Kier molecular flexibility index (Phi) is 5.87. The lowest BCUT2D eigenvalue weighted by Gasteiger charge is -2.17. The minimum atomic E-state index is -4.71. The maximum Gasteiger partial charge on any atom is 0.573 e. The van der Waals surface area contributed by atoms with E-state index in [-0.39, 0.29) is 24.2 Å². The van der Waals surface area contributed by atoms with E-state index >= 15 is 0 Å². The Morgan fingerprint density at radius 1 is 1.19 bits per heavy atom. The second-order valence-electron chi connectivity index (χ2n) is 5.03. The molecule has 118 valence electrons. The number of amides is 1. The van der Waals surface area contributed by atoms with Crippen LogP contribution in [0.2, 0.25) is 0 Å². The van der Waals surface area contributed by atoms with Crippen LogP contribution in [0.1, 0.15) is 20.8 Å². The Morgan fingerprint density at radius 3 is 2.24 bits per heavy atom. The van der Waals surface area contributed by atoms with Crippen molar-refractivity contribution in [3.05, 3.63) is 24.3 Å². The van der Waals surface area contributed by atoms with Crippen molar-refractivity contribution in [3.63, 3.8) is 0 Å². The molecule has 1 amide bonds. The van der Waals surface area contributed by atoms with Crippen molar-refractivity contribution >= 4 is 11.6 Å². The number of rotatable bonds is 6. The molecule has 0 aromatic heterocycles. The number of alkyl halides is 3. The number of carbonyl (C=O) groups excluding carboxylic acids is 1. The Labute approximate surface area is 121 Å². The molecule has 4 nitrogen and oxygen atoms in total. The monoisotopic (exact) mass is 304 g/mol. The lowest BCUT2D eigenvalue weighted by Crippen LogP contribution is -2.39. The number of ether oxygens (including phenoxy) is 1. The molecule has 2 N–H and O–H groups in total. The van der Waals surface area contributed by atoms with Gasteiger partial charge in [-0.2, -0.15) is 0 Å². The van der Waals surface area contributed by atoms with Crippen molar-refractivity contribution in [1.29, 1.82) is 0 Å². The molecule has 1 aromatic carbocycles. The number of anilines is 1. The van der Waals surface area contributed by atoms with Crippen LogP contribution in [0.5, 0.6) is 5.75 Å². The molecule has 1 atom stereocenters. The van der Waals surface area contributed by atoms with Gasteiger partial charge in [0.2, 0.25) is 5.91 Å². The molecule has 1 aromatic rings. The first-order valence-electron chi connectivity index (χ1n) is 6.56. The van der Waals surface area contributed by atoms with Crippen molar-refractivity contribution in [3.8, 4) is 5.75 Å². The molecule has 21 heavy (non-hydrogen) atoms. The van der Waals surface area contributed by atoms with Crippen LogP contribution in [-0.2, 0) is 4.79 Å².